The molecule has 118 valence electrons. The second kappa shape index (κ2) is 7.31. The van der Waals surface area contributed by atoms with Crippen molar-refractivity contribution in [1.29, 1.82) is 0 Å². The summed E-state index contributed by atoms with van der Waals surface area (Å²) in [5, 5.41) is 7.58. The average molecular weight is 296 g/mol. The van der Waals surface area contributed by atoms with E-state index in [1.807, 2.05) is 0 Å². The molecule has 0 radical (unpaired) electrons. The van der Waals surface area contributed by atoms with Crippen LogP contribution in [-0.4, -0.2) is 61.0 Å². The Kier molecular flexibility index (Phi) is 5.18. The van der Waals surface area contributed by atoms with E-state index in [1.165, 1.54) is 0 Å². The summed E-state index contributed by atoms with van der Waals surface area (Å²) in [6, 6.07) is 0.235. The molecule has 7 heteroatoms. The number of ether oxygens (including phenoxy) is 2. The first-order valence-electron chi connectivity index (χ1n) is 7.86. The molecule has 0 amide bonds. The third kappa shape index (κ3) is 3.60. The summed E-state index contributed by atoms with van der Waals surface area (Å²) < 4.78 is 16.4. The van der Waals surface area contributed by atoms with Crippen molar-refractivity contribution in [2.75, 3.05) is 46.0 Å². The van der Waals surface area contributed by atoms with E-state index < -0.39 is 0 Å². The zero-order valence-electron chi connectivity index (χ0n) is 12.6. The van der Waals surface area contributed by atoms with Gasteiger partial charge in [-0.3, -0.25) is 4.90 Å². The minimum Gasteiger partial charge on any atom is -0.376 e. The highest BCUT2D eigenvalue weighted by atomic mass is 16.6. The van der Waals surface area contributed by atoms with Crippen molar-refractivity contribution >= 4 is 0 Å². The molecule has 0 saturated carbocycles. The van der Waals surface area contributed by atoms with E-state index in [-0.39, 0.29) is 12.1 Å². The molecule has 1 N–H and O–H groups in total. The molecule has 2 saturated heterocycles. The summed E-state index contributed by atoms with van der Waals surface area (Å²) in [6.45, 7) is 7.99. The molecule has 2 aliphatic rings. The van der Waals surface area contributed by atoms with Gasteiger partial charge in [0, 0.05) is 26.2 Å². The first kappa shape index (κ1) is 14.9. The minimum absolute atomic E-state index is 0.217. The van der Waals surface area contributed by atoms with Crippen LogP contribution in [0.3, 0.4) is 0 Å². The smallest absolute Gasteiger partial charge is 0.258 e. The second-order valence-electron chi connectivity index (χ2n) is 5.52. The molecule has 2 atom stereocenters. The maximum Gasteiger partial charge on any atom is 0.258 e. The normalized spacial score (nSPS) is 25.9. The van der Waals surface area contributed by atoms with Gasteiger partial charge >= 0.3 is 0 Å². The fourth-order valence-electron chi connectivity index (χ4n) is 2.89. The summed E-state index contributed by atoms with van der Waals surface area (Å²) in [4.78, 5) is 7.02. The SMILES string of the molecule is CCCC(c1noc(C2COCCO2)n1)N1CCNCC1. The fraction of sp³-hybridized carbons (Fsp3) is 0.857. The van der Waals surface area contributed by atoms with E-state index in [9.17, 15) is 0 Å². The van der Waals surface area contributed by atoms with Crippen LogP contribution in [0.15, 0.2) is 4.52 Å². The fourth-order valence-corrected chi connectivity index (χ4v) is 2.89. The Bertz CT molecular complexity index is 428. The molecule has 2 unspecified atom stereocenters. The van der Waals surface area contributed by atoms with E-state index in [1.54, 1.807) is 0 Å². The number of nitrogens with one attached hydrogen (secondary N) is 1. The van der Waals surface area contributed by atoms with E-state index in [2.05, 4.69) is 27.3 Å². The van der Waals surface area contributed by atoms with Gasteiger partial charge in [0.1, 0.15) is 0 Å². The monoisotopic (exact) mass is 296 g/mol. The molecule has 3 rings (SSSR count). The van der Waals surface area contributed by atoms with E-state index in [4.69, 9.17) is 14.0 Å². The van der Waals surface area contributed by atoms with Crippen LogP contribution in [0.4, 0.5) is 0 Å². The summed E-state index contributed by atoms with van der Waals surface area (Å²) in [5.74, 6) is 1.32. The molecule has 7 nitrogen and oxygen atoms in total. The molecule has 0 spiro atoms. The van der Waals surface area contributed by atoms with E-state index in [0.717, 1.165) is 44.8 Å². The Morgan fingerprint density at radius 2 is 2.19 bits per heavy atom. The quantitative estimate of drug-likeness (QED) is 0.865. The van der Waals surface area contributed by atoms with E-state index in [0.29, 0.717) is 25.7 Å². The molecule has 2 aliphatic heterocycles. The predicted octanol–water partition coefficient (Wildman–Crippen LogP) is 0.904. The van der Waals surface area contributed by atoms with Gasteiger partial charge in [0.15, 0.2) is 11.9 Å². The lowest BCUT2D eigenvalue weighted by Gasteiger charge is -2.33. The Morgan fingerprint density at radius 1 is 1.33 bits per heavy atom. The van der Waals surface area contributed by atoms with Crippen molar-refractivity contribution in [2.24, 2.45) is 0 Å². The molecular weight excluding hydrogens is 272 g/mol. The van der Waals surface area contributed by atoms with Crippen molar-refractivity contribution in [1.82, 2.24) is 20.4 Å². The van der Waals surface area contributed by atoms with Crippen molar-refractivity contribution in [3.8, 4) is 0 Å². The molecule has 0 aromatic carbocycles. The molecule has 21 heavy (non-hydrogen) atoms. The van der Waals surface area contributed by atoms with Crippen molar-refractivity contribution < 1.29 is 14.0 Å². The highest BCUT2D eigenvalue weighted by molar-refractivity contribution is 4.98. The predicted molar refractivity (Wildman–Crippen MR) is 75.9 cm³/mol. The molecule has 3 heterocycles. The van der Waals surface area contributed by atoms with Gasteiger partial charge in [-0.2, -0.15) is 4.98 Å². The average Bonchev–Trinajstić information content (AvgIpc) is 3.04. The third-order valence-electron chi connectivity index (χ3n) is 4.00. The number of nitrogens with zero attached hydrogens (tertiary/aromatic N) is 3. The van der Waals surface area contributed by atoms with Crippen LogP contribution in [0.1, 0.15) is 43.6 Å². The largest absolute Gasteiger partial charge is 0.376 e. The number of rotatable bonds is 5. The maximum absolute atomic E-state index is 5.62. The van der Waals surface area contributed by atoms with Crippen LogP contribution in [0.5, 0.6) is 0 Å². The lowest BCUT2D eigenvalue weighted by molar-refractivity contribution is -0.101. The third-order valence-corrected chi connectivity index (χ3v) is 4.00. The molecule has 0 aliphatic carbocycles. The van der Waals surface area contributed by atoms with E-state index >= 15 is 0 Å². The molecule has 2 fully saturated rings. The summed E-state index contributed by atoms with van der Waals surface area (Å²) in [6.07, 6.45) is 1.92. The van der Waals surface area contributed by atoms with Crippen LogP contribution in [0.2, 0.25) is 0 Å². The van der Waals surface area contributed by atoms with Gasteiger partial charge in [-0.15, -0.1) is 0 Å². The van der Waals surface area contributed by atoms with Gasteiger partial charge in [-0.1, -0.05) is 18.5 Å². The highest BCUT2D eigenvalue weighted by Gasteiger charge is 2.29. The van der Waals surface area contributed by atoms with Gasteiger partial charge in [0.2, 0.25) is 0 Å². The Morgan fingerprint density at radius 3 is 2.90 bits per heavy atom. The van der Waals surface area contributed by atoms with Gasteiger partial charge in [0.25, 0.3) is 5.89 Å². The topological polar surface area (TPSA) is 72.7 Å². The lowest BCUT2D eigenvalue weighted by atomic mass is 10.1. The number of hydrogen-bond donors (Lipinski definition) is 1. The maximum atomic E-state index is 5.62. The molecular formula is C14H24N4O3. The lowest BCUT2D eigenvalue weighted by Crippen LogP contribution is -2.45. The van der Waals surface area contributed by atoms with Crippen LogP contribution < -0.4 is 5.32 Å². The molecule has 0 bridgehead atoms. The zero-order chi connectivity index (χ0) is 14.5. The number of hydrogen-bond acceptors (Lipinski definition) is 7. The number of aromatic nitrogens is 2. The first-order chi connectivity index (χ1) is 10.4. The van der Waals surface area contributed by atoms with Crippen LogP contribution in [0.25, 0.3) is 0 Å². The van der Waals surface area contributed by atoms with Gasteiger partial charge in [-0.25, -0.2) is 0 Å². The van der Waals surface area contributed by atoms with Crippen LogP contribution >= 0.6 is 0 Å². The summed E-state index contributed by atoms with van der Waals surface area (Å²) >= 11 is 0. The Labute approximate surface area is 125 Å². The standard InChI is InChI=1S/C14H24N4O3/c1-2-3-11(18-6-4-15-5-7-18)13-16-14(21-17-13)12-10-19-8-9-20-12/h11-12,15H,2-10H2,1H3. The molecule has 1 aromatic rings. The van der Waals surface area contributed by atoms with Gasteiger partial charge < -0.3 is 19.3 Å². The first-order valence-corrected chi connectivity index (χ1v) is 7.86. The Balaban J connectivity index is 1.71. The minimum atomic E-state index is -0.217. The summed E-state index contributed by atoms with van der Waals surface area (Å²) in [5.41, 5.74) is 0. The molecule has 1 aromatic heterocycles. The second-order valence-corrected chi connectivity index (χ2v) is 5.52. The van der Waals surface area contributed by atoms with Gasteiger partial charge in [-0.05, 0) is 6.42 Å². The summed E-state index contributed by atoms with van der Waals surface area (Å²) in [7, 11) is 0. The zero-order valence-corrected chi connectivity index (χ0v) is 12.6. The Hall–Kier alpha value is -1.02. The van der Waals surface area contributed by atoms with Crippen molar-refractivity contribution in [3.63, 3.8) is 0 Å². The highest BCUT2D eigenvalue weighted by Crippen LogP contribution is 2.26. The van der Waals surface area contributed by atoms with Crippen LogP contribution in [-0.2, 0) is 9.47 Å². The van der Waals surface area contributed by atoms with Gasteiger partial charge in [0.05, 0.1) is 25.9 Å². The van der Waals surface area contributed by atoms with Crippen LogP contribution in [0, 0.1) is 0 Å². The van der Waals surface area contributed by atoms with Crippen molar-refractivity contribution in [3.05, 3.63) is 11.7 Å². The number of piperazine rings is 1. The van der Waals surface area contributed by atoms with Crippen molar-refractivity contribution in [2.45, 2.75) is 31.9 Å².